The van der Waals surface area contributed by atoms with Gasteiger partial charge in [0.15, 0.2) is 5.82 Å². The molecular weight excluding hydrogens is 384 g/mol. The Morgan fingerprint density at radius 1 is 1.13 bits per heavy atom. The molecule has 5 nitrogen and oxygen atoms in total. The number of likely N-dealkylation sites (N-methyl/N-ethyl adjacent to an activating group) is 1. The molecule has 2 aromatic heterocycles. The number of hydrogen-bond acceptors (Lipinski definition) is 3. The Morgan fingerprint density at radius 3 is 2.70 bits per heavy atom. The largest absolute Gasteiger partial charge is 0.302 e. The Bertz CT molecular complexity index is 1130. The third-order valence-corrected chi connectivity index (χ3v) is 5.12. The van der Waals surface area contributed by atoms with Crippen molar-refractivity contribution in [3.63, 3.8) is 0 Å². The summed E-state index contributed by atoms with van der Waals surface area (Å²) in [4.78, 5) is 2.19. The van der Waals surface area contributed by atoms with Crippen molar-refractivity contribution < 1.29 is 8.78 Å². The standard InChI is InChI=1S/C23H23F2N5/c1-16-5-3-4-6-20(16)23-18(14-29(2)10-9-17-12-26-27-13-17)15-30(28-23)22-8-7-19(24)11-21(22)25/h3-8,11-13,15H,9-10,14H2,1-2H3,(H,26,27). The Hall–Kier alpha value is -3.32. The second kappa shape index (κ2) is 8.59. The van der Waals surface area contributed by atoms with Gasteiger partial charge in [-0.05, 0) is 43.7 Å². The van der Waals surface area contributed by atoms with E-state index in [1.54, 1.807) is 0 Å². The number of aromatic nitrogens is 4. The van der Waals surface area contributed by atoms with Crippen molar-refractivity contribution in [3.05, 3.63) is 89.4 Å². The number of aromatic amines is 1. The van der Waals surface area contributed by atoms with Crippen LogP contribution in [0.4, 0.5) is 8.78 Å². The Kier molecular flexibility index (Phi) is 5.72. The molecule has 7 heteroatoms. The van der Waals surface area contributed by atoms with Crippen LogP contribution < -0.4 is 0 Å². The zero-order valence-corrected chi connectivity index (χ0v) is 16.9. The summed E-state index contributed by atoms with van der Waals surface area (Å²) in [6, 6.07) is 11.5. The SMILES string of the molecule is Cc1ccccc1-c1nn(-c2ccc(F)cc2F)cc1CN(C)CCc1cn[nH]c1. The Morgan fingerprint density at radius 2 is 1.97 bits per heavy atom. The summed E-state index contributed by atoms with van der Waals surface area (Å²) in [6.45, 7) is 3.51. The average Bonchev–Trinajstić information content (AvgIpc) is 3.37. The normalized spacial score (nSPS) is 11.4. The van der Waals surface area contributed by atoms with Gasteiger partial charge in [-0.25, -0.2) is 13.5 Å². The molecule has 4 rings (SSSR count). The van der Waals surface area contributed by atoms with Crippen LogP contribution in [0.3, 0.4) is 0 Å². The molecule has 0 radical (unpaired) electrons. The van der Waals surface area contributed by atoms with Crippen LogP contribution in [0.25, 0.3) is 16.9 Å². The minimum absolute atomic E-state index is 0.221. The number of nitrogens with zero attached hydrogens (tertiary/aromatic N) is 4. The molecule has 1 N–H and O–H groups in total. The molecule has 0 saturated carbocycles. The number of nitrogens with one attached hydrogen (secondary N) is 1. The molecular formula is C23H23F2N5. The number of halogens is 2. The van der Waals surface area contributed by atoms with Crippen molar-refractivity contribution in [2.24, 2.45) is 0 Å². The number of benzene rings is 2. The molecule has 0 unspecified atom stereocenters. The molecule has 30 heavy (non-hydrogen) atoms. The maximum Gasteiger partial charge on any atom is 0.151 e. The van der Waals surface area contributed by atoms with Crippen LogP contribution in [0.15, 0.2) is 61.1 Å². The van der Waals surface area contributed by atoms with Crippen LogP contribution in [0.2, 0.25) is 0 Å². The maximum atomic E-state index is 14.4. The van der Waals surface area contributed by atoms with E-state index in [2.05, 4.69) is 20.2 Å². The Labute approximate surface area is 174 Å². The van der Waals surface area contributed by atoms with Gasteiger partial charge in [0.2, 0.25) is 0 Å². The number of rotatable bonds is 7. The van der Waals surface area contributed by atoms with Crippen LogP contribution >= 0.6 is 0 Å². The molecule has 0 saturated heterocycles. The summed E-state index contributed by atoms with van der Waals surface area (Å²) in [5.74, 6) is -1.25. The minimum atomic E-state index is -0.645. The highest BCUT2D eigenvalue weighted by Crippen LogP contribution is 2.28. The molecule has 0 atom stereocenters. The second-order valence-corrected chi connectivity index (χ2v) is 7.45. The fourth-order valence-corrected chi connectivity index (χ4v) is 3.49. The first-order valence-corrected chi connectivity index (χ1v) is 9.77. The average molecular weight is 407 g/mol. The van der Waals surface area contributed by atoms with Gasteiger partial charge in [0.05, 0.1) is 11.9 Å². The van der Waals surface area contributed by atoms with Gasteiger partial charge in [0.1, 0.15) is 11.5 Å². The van der Waals surface area contributed by atoms with Crippen molar-refractivity contribution in [1.29, 1.82) is 0 Å². The molecule has 0 aliphatic carbocycles. The van der Waals surface area contributed by atoms with E-state index in [4.69, 9.17) is 0 Å². The summed E-state index contributed by atoms with van der Waals surface area (Å²) >= 11 is 0. The molecule has 0 aliphatic rings. The third-order valence-electron chi connectivity index (χ3n) is 5.12. The van der Waals surface area contributed by atoms with Crippen molar-refractivity contribution in [1.82, 2.24) is 24.9 Å². The predicted molar refractivity (Wildman–Crippen MR) is 112 cm³/mol. The van der Waals surface area contributed by atoms with Crippen molar-refractivity contribution in [2.75, 3.05) is 13.6 Å². The number of aryl methyl sites for hydroxylation is 1. The highest BCUT2D eigenvalue weighted by molar-refractivity contribution is 5.66. The zero-order chi connectivity index (χ0) is 21.1. The fourth-order valence-electron chi connectivity index (χ4n) is 3.49. The van der Waals surface area contributed by atoms with E-state index in [0.29, 0.717) is 6.54 Å². The van der Waals surface area contributed by atoms with E-state index >= 15 is 0 Å². The van der Waals surface area contributed by atoms with E-state index in [1.807, 2.05) is 56.8 Å². The van der Waals surface area contributed by atoms with Crippen molar-refractivity contribution >= 4 is 0 Å². The summed E-state index contributed by atoms with van der Waals surface area (Å²) in [5.41, 5.74) is 5.22. The first-order valence-electron chi connectivity index (χ1n) is 9.77. The van der Waals surface area contributed by atoms with Crippen LogP contribution in [0.1, 0.15) is 16.7 Å². The monoisotopic (exact) mass is 407 g/mol. The highest BCUT2D eigenvalue weighted by Gasteiger charge is 2.17. The molecule has 154 valence electrons. The highest BCUT2D eigenvalue weighted by atomic mass is 19.1. The number of hydrogen-bond donors (Lipinski definition) is 1. The molecule has 2 aromatic carbocycles. The first-order chi connectivity index (χ1) is 14.5. The lowest BCUT2D eigenvalue weighted by Crippen LogP contribution is -2.20. The number of H-pyrrole nitrogens is 1. The fraction of sp³-hybridized carbons (Fsp3) is 0.217. The lowest BCUT2D eigenvalue weighted by molar-refractivity contribution is 0.331. The smallest absolute Gasteiger partial charge is 0.151 e. The molecule has 0 aliphatic heterocycles. The molecule has 0 bridgehead atoms. The lowest BCUT2D eigenvalue weighted by atomic mass is 10.0. The molecule has 2 heterocycles. The molecule has 4 aromatic rings. The third kappa shape index (κ3) is 4.31. The summed E-state index contributed by atoms with van der Waals surface area (Å²) in [7, 11) is 2.04. The topological polar surface area (TPSA) is 49.7 Å². The summed E-state index contributed by atoms with van der Waals surface area (Å²) in [5, 5.41) is 11.5. The van der Waals surface area contributed by atoms with Crippen molar-refractivity contribution in [3.8, 4) is 16.9 Å². The van der Waals surface area contributed by atoms with Crippen LogP contribution in [0, 0.1) is 18.6 Å². The van der Waals surface area contributed by atoms with E-state index in [0.717, 1.165) is 47.0 Å². The molecule has 0 spiro atoms. The summed E-state index contributed by atoms with van der Waals surface area (Å²) < 4.78 is 29.2. The lowest BCUT2D eigenvalue weighted by Gasteiger charge is -2.16. The van der Waals surface area contributed by atoms with E-state index in [1.165, 1.54) is 16.8 Å². The van der Waals surface area contributed by atoms with E-state index in [9.17, 15) is 8.78 Å². The van der Waals surface area contributed by atoms with Gasteiger partial charge < -0.3 is 4.90 Å². The van der Waals surface area contributed by atoms with Gasteiger partial charge in [-0.2, -0.15) is 10.2 Å². The summed E-state index contributed by atoms with van der Waals surface area (Å²) in [6.07, 6.45) is 6.41. The maximum absolute atomic E-state index is 14.4. The zero-order valence-electron chi connectivity index (χ0n) is 16.9. The van der Waals surface area contributed by atoms with Gasteiger partial charge in [0, 0.05) is 42.7 Å². The quantitative estimate of drug-likeness (QED) is 0.490. The van der Waals surface area contributed by atoms with E-state index in [-0.39, 0.29) is 5.69 Å². The first kappa shape index (κ1) is 20.0. The molecule has 0 amide bonds. The molecule has 0 fully saturated rings. The van der Waals surface area contributed by atoms with Gasteiger partial charge in [0.25, 0.3) is 0 Å². The Balaban J connectivity index is 1.66. The van der Waals surface area contributed by atoms with E-state index < -0.39 is 11.6 Å². The second-order valence-electron chi connectivity index (χ2n) is 7.45. The predicted octanol–water partition coefficient (Wildman–Crippen LogP) is 4.52. The van der Waals surface area contributed by atoms with Gasteiger partial charge >= 0.3 is 0 Å². The van der Waals surface area contributed by atoms with Gasteiger partial charge in [-0.15, -0.1) is 0 Å². The van der Waals surface area contributed by atoms with Crippen molar-refractivity contribution in [2.45, 2.75) is 19.9 Å². The van der Waals surface area contributed by atoms with Gasteiger partial charge in [-0.1, -0.05) is 24.3 Å². The van der Waals surface area contributed by atoms with Crippen LogP contribution in [-0.4, -0.2) is 38.5 Å². The van der Waals surface area contributed by atoms with Gasteiger partial charge in [-0.3, -0.25) is 5.10 Å². The van der Waals surface area contributed by atoms with Crippen LogP contribution in [-0.2, 0) is 13.0 Å². The minimum Gasteiger partial charge on any atom is -0.302 e. The van der Waals surface area contributed by atoms with Crippen LogP contribution in [0.5, 0.6) is 0 Å².